The summed E-state index contributed by atoms with van der Waals surface area (Å²) >= 11 is 0. The van der Waals surface area contributed by atoms with Crippen LogP contribution in [0.1, 0.15) is 18.4 Å². The summed E-state index contributed by atoms with van der Waals surface area (Å²) in [6.45, 7) is -0.634. The fourth-order valence-corrected chi connectivity index (χ4v) is 1.90. The molecule has 1 aromatic rings. The van der Waals surface area contributed by atoms with Gasteiger partial charge in [0.2, 0.25) is 11.8 Å². The van der Waals surface area contributed by atoms with Crippen molar-refractivity contribution in [3.05, 3.63) is 29.8 Å². The predicted octanol–water partition coefficient (Wildman–Crippen LogP) is 0.662. The molecular formula is C15H17F3N4O5. The molecule has 6 N–H and O–H groups in total. The van der Waals surface area contributed by atoms with Gasteiger partial charge in [-0.1, -0.05) is 6.07 Å². The number of hydrogen-bond acceptors (Lipinski definition) is 4. The van der Waals surface area contributed by atoms with Crippen LogP contribution in [0.15, 0.2) is 24.3 Å². The molecule has 0 saturated heterocycles. The van der Waals surface area contributed by atoms with Crippen LogP contribution in [-0.4, -0.2) is 41.5 Å². The molecule has 1 rings (SSSR count). The smallest absolute Gasteiger partial charge is 0.416 e. The van der Waals surface area contributed by atoms with Crippen molar-refractivity contribution in [2.45, 2.75) is 25.1 Å². The maximum Gasteiger partial charge on any atom is 0.416 e. The van der Waals surface area contributed by atoms with Crippen LogP contribution in [0.4, 0.5) is 23.7 Å². The number of amides is 4. The molecule has 148 valence electrons. The number of primary amides is 1. The topological polar surface area (TPSA) is 151 Å². The molecule has 27 heavy (non-hydrogen) atoms. The van der Waals surface area contributed by atoms with Crippen LogP contribution in [0.25, 0.3) is 0 Å². The van der Waals surface area contributed by atoms with Gasteiger partial charge in [0.1, 0.15) is 6.04 Å². The first-order valence-corrected chi connectivity index (χ1v) is 7.51. The van der Waals surface area contributed by atoms with Crippen molar-refractivity contribution in [1.29, 1.82) is 0 Å². The van der Waals surface area contributed by atoms with Crippen molar-refractivity contribution in [2.24, 2.45) is 5.73 Å². The monoisotopic (exact) mass is 390 g/mol. The van der Waals surface area contributed by atoms with Gasteiger partial charge in [0, 0.05) is 12.1 Å². The second-order valence-electron chi connectivity index (χ2n) is 5.35. The molecule has 0 saturated carbocycles. The Morgan fingerprint density at radius 2 is 1.85 bits per heavy atom. The molecule has 1 aromatic carbocycles. The summed E-state index contributed by atoms with van der Waals surface area (Å²) in [7, 11) is 0. The molecule has 0 aliphatic rings. The van der Waals surface area contributed by atoms with Crippen molar-refractivity contribution in [3.8, 4) is 0 Å². The number of benzene rings is 1. The van der Waals surface area contributed by atoms with E-state index in [1.807, 2.05) is 0 Å². The summed E-state index contributed by atoms with van der Waals surface area (Å²) in [5.74, 6) is -3.00. The van der Waals surface area contributed by atoms with Crippen LogP contribution < -0.4 is 21.7 Å². The minimum absolute atomic E-state index is 0.146. The Morgan fingerprint density at radius 3 is 2.41 bits per heavy atom. The number of urea groups is 1. The van der Waals surface area contributed by atoms with Gasteiger partial charge in [0.05, 0.1) is 12.1 Å². The first-order chi connectivity index (χ1) is 12.5. The van der Waals surface area contributed by atoms with Crippen LogP contribution in [0.3, 0.4) is 0 Å². The highest BCUT2D eigenvalue weighted by molar-refractivity contribution is 5.93. The minimum Gasteiger partial charge on any atom is -0.480 e. The second-order valence-corrected chi connectivity index (χ2v) is 5.35. The Labute approximate surface area is 151 Å². The number of aliphatic carboxylic acids is 1. The quantitative estimate of drug-likeness (QED) is 0.442. The van der Waals surface area contributed by atoms with E-state index in [4.69, 9.17) is 10.8 Å². The lowest BCUT2D eigenvalue weighted by Crippen LogP contribution is -2.46. The number of alkyl halides is 3. The van der Waals surface area contributed by atoms with Gasteiger partial charge >= 0.3 is 18.2 Å². The standard InChI is InChI=1S/C15H17F3N4O5/c16-15(17,18)8-2-1-3-9(6-8)21-14(27)20-7-12(24)22-10(13(25)26)4-5-11(19)23/h1-3,6,10H,4-5,7H2,(H2,19,23)(H,22,24)(H,25,26)(H2,20,21,27)/t10-/m1/s1. The largest absolute Gasteiger partial charge is 0.480 e. The Kier molecular flexibility index (Phi) is 7.57. The van der Waals surface area contributed by atoms with Crippen molar-refractivity contribution in [2.75, 3.05) is 11.9 Å². The van der Waals surface area contributed by atoms with E-state index in [2.05, 4.69) is 16.0 Å². The summed E-state index contributed by atoms with van der Waals surface area (Å²) in [4.78, 5) is 45.0. The zero-order valence-electron chi connectivity index (χ0n) is 13.8. The number of nitrogens with one attached hydrogen (secondary N) is 3. The van der Waals surface area contributed by atoms with Crippen molar-refractivity contribution in [3.63, 3.8) is 0 Å². The van der Waals surface area contributed by atoms with Crippen molar-refractivity contribution in [1.82, 2.24) is 10.6 Å². The first kappa shape index (κ1) is 21.7. The molecule has 0 aliphatic heterocycles. The van der Waals surface area contributed by atoms with Crippen LogP contribution in [-0.2, 0) is 20.6 Å². The summed E-state index contributed by atoms with van der Waals surface area (Å²) in [6, 6.07) is 1.52. The van der Waals surface area contributed by atoms with Gasteiger partial charge in [-0.25, -0.2) is 9.59 Å². The SMILES string of the molecule is NC(=O)CC[C@@H](NC(=O)CNC(=O)Nc1cccc(C(F)(F)F)c1)C(=O)O. The zero-order valence-corrected chi connectivity index (χ0v) is 13.8. The third kappa shape index (κ3) is 8.07. The molecule has 0 bridgehead atoms. The molecule has 0 unspecified atom stereocenters. The highest BCUT2D eigenvalue weighted by Gasteiger charge is 2.30. The maximum atomic E-state index is 12.6. The van der Waals surface area contributed by atoms with Gasteiger partial charge < -0.3 is 26.8 Å². The van der Waals surface area contributed by atoms with Crippen molar-refractivity contribution >= 4 is 29.5 Å². The molecule has 0 heterocycles. The average Bonchev–Trinajstić information content (AvgIpc) is 2.55. The van der Waals surface area contributed by atoms with E-state index in [0.717, 1.165) is 12.1 Å². The number of carboxylic acid groups (broad SMARTS) is 1. The molecular weight excluding hydrogens is 373 g/mol. The van der Waals surface area contributed by atoms with Gasteiger partial charge in [-0.05, 0) is 24.6 Å². The molecule has 0 aromatic heterocycles. The molecule has 0 fully saturated rings. The number of carboxylic acids is 1. The normalized spacial score (nSPS) is 12.0. The Morgan fingerprint density at radius 1 is 1.19 bits per heavy atom. The molecule has 0 radical (unpaired) electrons. The lowest BCUT2D eigenvalue weighted by Gasteiger charge is -2.14. The Balaban J connectivity index is 2.52. The molecule has 0 spiro atoms. The van der Waals surface area contributed by atoms with Crippen molar-refractivity contribution < 1.29 is 37.5 Å². The third-order valence-corrected chi connectivity index (χ3v) is 3.17. The first-order valence-electron chi connectivity index (χ1n) is 7.51. The summed E-state index contributed by atoms with van der Waals surface area (Å²) < 4.78 is 37.8. The van der Waals surface area contributed by atoms with E-state index in [9.17, 15) is 32.3 Å². The Bertz CT molecular complexity index is 724. The van der Waals surface area contributed by atoms with Gasteiger partial charge in [0.25, 0.3) is 0 Å². The van der Waals surface area contributed by atoms with E-state index in [-0.39, 0.29) is 18.5 Å². The minimum atomic E-state index is -4.58. The summed E-state index contributed by atoms with van der Waals surface area (Å²) in [6.07, 6.45) is -5.07. The van der Waals surface area contributed by atoms with E-state index in [1.54, 1.807) is 0 Å². The molecule has 9 nitrogen and oxygen atoms in total. The molecule has 4 amide bonds. The fourth-order valence-electron chi connectivity index (χ4n) is 1.90. The van der Waals surface area contributed by atoms with Crippen LogP contribution in [0, 0.1) is 0 Å². The van der Waals surface area contributed by atoms with E-state index in [0.29, 0.717) is 6.07 Å². The second kappa shape index (κ2) is 9.40. The lowest BCUT2D eigenvalue weighted by atomic mass is 10.1. The highest BCUT2D eigenvalue weighted by Crippen LogP contribution is 2.30. The third-order valence-electron chi connectivity index (χ3n) is 3.17. The van der Waals surface area contributed by atoms with Crippen LogP contribution in [0.2, 0.25) is 0 Å². The fraction of sp³-hybridized carbons (Fsp3) is 0.333. The van der Waals surface area contributed by atoms with Crippen LogP contribution in [0.5, 0.6) is 0 Å². The predicted molar refractivity (Wildman–Crippen MR) is 86.5 cm³/mol. The number of nitrogens with two attached hydrogens (primary N) is 1. The molecule has 0 aliphatic carbocycles. The summed E-state index contributed by atoms with van der Waals surface area (Å²) in [5, 5.41) is 15.2. The van der Waals surface area contributed by atoms with Gasteiger partial charge in [-0.15, -0.1) is 0 Å². The number of hydrogen-bond donors (Lipinski definition) is 5. The average molecular weight is 390 g/mol. The number of halogens is 3. The lowest BCUT2D eigenvalue weighted by molar-refractivity contribution is -0.142. The van der Waals surface area contributed by atoms with Gasteiger partial charge in [-0.2, -0.15) is 13.2 Å². The molecule has 1 atom stereocenters. The number of anilines is 1. The van der Waals surface area contributed by atoms with Crippen LogP contribution >= 0.6 is 0 Å². The highest BCUT2D eigenvalue weighted by atomic mass is 19.4. The summed E-state index contributed by atoms with van der Waals surface area (Å²) in [5.41, 5.74) is 3.79. The Hall–Kier alpha value is -3.31. The number of carbonyl (C=O) groups is 4. The molecule has 12 heteroatoms. The zero-order chi connectivity index (χ0) is 20.6. The van der Waals surface area contributed by atoms with Gasteiger partial charge in [-0.3, -0.25) is 9.59 Å². The number of carbonyl (C=O) groups excluding carboxylic acids is 3. The van der Waals surface area contributed by atoms with Gasteiger partial charge in [0.15, 0.2) is 0 Å². The van der Waals surface area contributed by atoms with E-state index < -0.39 is 48.1 Å². The van der Waals surface area contributed by atoms with E-state index >= 15 is 0 Å². The van der Waals surface area contributed by atoms with E-state index in [1.165, 1.54) is 6.07 Å². The number of rotatable bonds is 8. The maximum absolute atomic E-state index is 12.6.